The van der Waals surface area contributed by atoms with Gasteiger partial charge in [-0.3, -0.25) is 0 Å². The van der Waals surface area contributed by atoms with E-state index in [4.69, 9.17) is 0 Å². The third kappa shape index (κ3) is 4.03. The maximum atomic E-state index is 12.5. The van der Waals surface area contributed by atoms with Crippen LogP contribution in [0.3, 0.4) is 0 Å². The van der Waals surface area contributed by atoms with Crippen LogP contribution in [0.5, 0.6) is 0 Å². The highest BCUT2D eigenvalue weighted by Crippen LogP contribution is 2.18. The van der Waals surface area contributed by atoms with Crippen molar-refractivity contribution >= 4 is 27.9 Å². The summed E-state index contributed by atoms with van der Waals surface area (Å²) in [5, 5.41) is 3.06. The van der Waals surface area contributed by atoms with Crippen LogP contribution in [-0.4, -0.2) is 47.1 Å². The van der Waals surface area contributed by atoms with Gasteiger partial charge >= 0.3 is 6.03 Å². The Morgan fingerprint density at radius 1 is 1.17 bits per heavy atom. The zero-order chi connectivity index (χ0) is 16.9. The molecule has 1 saturated heterocycles. The lowest BCUT2D eigenvalue weighted by molar-refractivity contribution is 0.191. The first-order valence-corrected chi connectivity index (χ1v) is 8.75. The number of hydrogen-bond donors (Lipinski definition) is 1. The van der Waals surface area contributed by atoms with Crippen LogP contribution in [0.1, 0.15) is 18.5 Å². The molecular formula is C17H20BrN5O. The van der Waals surface area contributed by atoms with E-state index in [1.54, 1.807) is 18.5 Å². The van der Waals surface area contributed by atoms with Crippen LogP contribution in [0.4, 0.5) is 10.7 Å². The van der Waals surface area contributed by atoms with Gasteiger partial charge in [0, 0.05) is 43.0 Å². The quantitative estimate of drug-likeness (QED) is 0.876. The molecule has 1 aromatic carbocycles. The Morgan fingerprint density at radius 2 is 1.88 bits per heavy atom. The smallest absolute Gasteiger partial charge is 0.317 e. The number of aromatic nitrogens is 2. The van der Waals surface area contributed by atoms with Gasteiger partial charge < -0.3 is 15.1 Å². The number of carbonyl (C=O) groups excluding carboxylic acids is 1. The third-order valence-corrected chi connectivity index (χ3v) is 4.58. The summed E-state index contributed by atoms with van der Waals surface area (Å²) < 4.78 is 1.01. The van der Waals surface area contributed by atoms with Gasteiger partial charge in [0.1, 0.15) is 0 Å². The van der Waals surface area contributed by atoms with Gasteiger partial charge in [-0.2, -0.15) is 0 Å². The Hall–Kier alpha value is -2.15. The molecule has 0 radical (unpaired) electrons. The van der Waals surface area contributed by atoms with Crippen LogP contribution in [-0.2, 0) is 0 Å². The number of anilines is 1. The molecular weight excluding hydrogens is 370 g/mol. The molecule has 126 valence electrons. The molecule has 3 rings (SSSR count). The minimum absolute atomic E-state index is 0.0314. The number of nitrogens with zero attached hydrogens (tertiary/aromatic N) is 4. The first-order chi connectivity index (χ1) is 11.6. The van der Waals surface area contributed by atoms with E-state index < -0.39 is 0 Å². The minimum atomic E-state index is -0.0366. The maximum Gasteiger partial charge on any atom is 0.317 e. The highest BCUT2D eigenvalue weighted by molar-refractivity contribution is 9.10. The maximum absolute atomic E-state index is 12.5. The van der Waals surface area contributed by atoms with Crippen LogP contribution in [0.2, 0.25) is 0 Å². The lowest BCUT2D eigenvalue weighted by Crippen LogP contribution is -2.52. The van der Waals surface area contributed by atoms with Crippen molar-refractivity contribution in [3.63, 3.8) is 0 Å². The minimum Gasteiger partial charge on any atom is -0.337 e. The van der Waals surface area contributed by atoms with E-state index in [9.17, 15) is 4.79 Å². The lowest BCUT2D eigenvalue weighted by Gasteiger charge is -2.35. The largest absolute Gasteiger partial charge is 0.337 e. The summed E-state index contributed by atoms with van der Waals surface area (Å²) in [5.74, 6) is 0.722. The number of benzene rings is 1. The number of hydrogen-bond acceptors (Lipinski definition) is 4. The molecule has 0 spiro atoms. The average Bonchev–Trinajstić information content (AvgIpc) is 2.62. The monoisotopic (exact) mass is 389 g/mol. The van der Waals surface area contributed by atoms with Crippen molar-refractivity contribution in [2.45, 2.75) is 13.0 Å². The molecule has 1 aliphatic heterocycles. The molecule has 1 unspecified atom stereocenters. The van der Waals surface area contributed by atoms with Crippen LogP contribution in [0.15, 0.2) is 47.2 Å². The summed E-state index contributed by atoms with van der Waals surface area (Å²) in [6, 6.07) is 9.72. The van der Waals surface area contributed by atoms with Crippen LogP contribution >= 0.6 is 15.9 Å². The second-order valence-corrected chi connectivity index (χ2v) is 6.66. The number of piperazine rings is 1. The lowest BCUT2D eigenvalue weighted by atomic mass is 10.1. The standard InChI is InChI=1S/C17H20BrN5O/c1-13(14-4-2-5-15(18)12-14)21-17(24)23-10-8-22(9-11-23)16-19-6-3-7-20-16/h2-7,12-13H,8-11H2,1H3,(H,21,24). The number of urea groups is 1. The van der Waals surface area contributed by atoms with Gasteiger partial charge in [0.25, 0.3) is 0 Å². The van der Waals surface area contributed by atoms with E-state index in [0.29, 0.717) is 13.1 Å². The summed E-state index contributed by atoms with van der Waals surface area (Å²) in [5.41, 5.74) is 1.08. The number of halogens is 1. The average molecular weight is 390 g/mol. The molecule has 6 nitrogen and oxygen atoms in total. The molecule has 0 bridgehead atoms. The Balaban J connectivity index is 1.54. The highest BCUT2D eigenvalue weighted by Gasteiger charge is 2.23. The SMILES string of the molecule is CC(NC(=O)N1CCN(c2ncccn2)CC1)c1cccc(Br)c1. The molecule has 1 aliphatic rings. The fourth-order valence-corrected chi connectivity index (χ4v) is 3.12. The highest BCUT2D eigenvalue weighted by atomic mass is 79.9. The van der Waals surface area contributed by atoms with Crippen LogP contribution in [0.25, 0.3) is 0 Å². The molecule has 2 heterocycles. The van der Waals surface area contributed by atoms with E-state index in [0.717, 1.165) is 29.1 Å². The fraction of sp³-hybridized carbons (Fsp3) is 0.353. The summed E-state index contributed by atoms with van der Waals surface area (Å²) in [6.07, 6.45) is 3.47. The molecule has 1 aromatic heterocycles. The van der Waals surface area contributed by atoms with E-state index in [-0.39, 0.29) is 12.1 Å². The molecule has 1 N–H and O–H groups in total. The fourth-order valence-electron chi connectivity index (χ4n) is 2.70. The van der Waals surface area contributed by atoms with Gasteiger partial charge in [-0.25, -0.2) is 14.8 Å². The summed E-state index contributed by atoms with van der Waals surface area (Å²) in [6.45, 7) is 4.80. The normalized spacial score (nSPS) is 15.9. The number of rotatable bonds is 3. The molecule has 1 fully saturated rings. The van der Waals surface area contributed by atoms with Gasteiger partial charge in [-0.1, -0.05) is 28.1 Å². The zero-order valence-electron chi connectivity index (χ0n) is 13.5. The zero-order valence-corrected chi connectivity index (χ0v) is 15.1. The summed E-state index contributed by atoms with van der Waals surface area (Å²) >= 11 is 3.46. The first kappa shape index (κ1) is 16.7. The van der Waals surface area contributed by atoms with Crippen molar-refractivity contribution in [1.29, 1.82) is 0 Å². The predicted octanol–water partition coefficient (Wildman–Crippen LogP) is 2.83. The Bertz CT molecular complexity index is 688. The molecule has 0 aliphatic carbocycles. The van der Waals surface area contributed by atoms with Crippen LogP contribution < -0.4 is 10.2 Å². The van der Waals surface area contributed by atoms with Crippen LogP contribution in [0, 0.1) is 0 Å². The van der Waals surface area contributed by atoms with Gasteiger partial charge in [0.2, 0.25) is 5.95 Å². The van der Waals surface area contributed by atoms with E-state index in [1.807, 2.05) is 36.1 Å². The van der Waals surface area contributed by atoms with E-state index >= 15 is 0 Å². The molecule has 1 atom stereocenters. The van der Waals surface area contributed by atoms with Crippen molar-refractivity contribution in [3.8, 4) is 0 Å². The van der Waals surface area contributed by atoms with Crippen molar-refractivity contribution in [3.05, 3.63) is 52.8 Å². The van der Waals surface area contributed by atoms with Gasteiger partial charge in [-0.05, 0) is 30.7 Å². The van der Waals surface area contributed by atoms with E-state index in [2.05, 4.69) is 36.1 Å². The number of nitrogens with one attached hydrogen (secondary N) is 1. The number of carbonyl (C=O) groups is 1. The Labute approximate surface area is 150 Å². The predicted molar refractivity (Wildman–Crippen MR) is 96.9 cm³/mol. The van der Waals surface area contributed by atoms with Crippen molar-refractivity contribution in [2.75, 3.05) is 31.1 Å². The van der Waals surface area contributed by atoms with Gasteiger partial charge in [-0.15, -0.1) is 0 Å². The topological polar surface area (TPSA) is 61.4 Å². The van der Waals surface area contributed by atoms with E-state index in [1.165, 1.54) is 0 Å². The summed E-state index contributed by atoms with van der Waals surface area (Å²) in [4.78, 5) is 24.9. The van der Waals surface area contributed by atoms with Crippen molar-refractivity contribution < 1.29 is 4.79 Å². The second kappa shape index (κ2) is 7.61. The Kier molecular flexibility index (Phi) is 5.30. The molecule has 24 heavy (non-hydrogen) atoms. The van der Waals surface area contributed by atoms with Gasteiger partial charge in [0.05, 0.1) is 6.04 Å². The van der Waals surface area contributed by atoms with Crippen molar-refractivity contribution in [2.24, 2.45) is 0 Å². The molecule has 2 aromatic rings. The third-order valence-electron chi connectivity index (χ3n) is 4.09. The Morgan fingerprint density at radius 3 is 2.54 bits per heavy atom. The van der Waals surface area contributed by atoms with Crippen molar-refractivity contribution in [1.82, 2.24) is 20.2 Å². The molecule has 7 heteroatoms. The first-order valence-electron chi connectivity index (χ1n) is 7.96. The molecule has 2 amide bonds. The number of amides is 2. The molecule has 0 saturated carbocycles. The second-order valence-electron chi connectivity index (χ2n) is 5.75. The summed E-state index contributed by atoms with van der Waals surface area (Å²) in [7, 11) is 0. The van der Waals surface area contributed by atoms with Gasteiger partial charge in [0.15, 0.2) is 0 Å².